The Morgan fingerprint density at radius 3 is 2.68 bits per heavy atom. The van der Waals surface area contributed by atoms with Crippen LogP contribution in [0.1, 0.15) is 15.9 Å². The molecule has 0 atom stereocenters. The quantitative estimate of drug-likeness (QED) is 0.793. The molecule has 0 saturated heterocycles. The first-order chi connectivity index (χ1) is 9.06. The lowest BCUT2D eigenvalue weighted by atomic mass is 10.1. The van der Waals surface area contributed by atoms with E-state index in [1.165, 1.54) is 12.1 Å². The molecule has 0 fully saturated rings. The minimum absolute atomic E-state index is 0.0975. The number of phenolic OH excluding ortho intramolecular Hbond substituents is 2. The number of amides is 1. The number of benzene rings is 2. The minimum Gasteiger partial charge on any atom is -0.508 e. The molecule has 0 aliphatic heterocycles. The number of carbonyl (C=O) groups excluding carboxylic acids is 1. The van der Waals surface area contributed by atoms with Gasteiger partial charge in [-0.1, -0.05) is 12.1 Å². The van der Waals surface area contributed by atoms with Gasteiger partial charge in [0, 0.05) is 6.54 Å². The number of hydrogen-bond acceptors (Lipinski definition) is 3. The van der Waals surface area contributed by atoms with E-state index >= 15 is 0 Å². The summed E-state index contributed by atoms with van der Waals surface area (Å²) in [6.45, 7) is 0.170. The van der Waals surface area contributed by atoms with E-state index in [1.54, 1.807) is 12.1 Å². The molecule has 2 rings (SSSR count). The van der Waals surface area contributed by atoms with Crippen molar-refractivity contribution in [3.05, 3.63) is 59.4 Å². The van der Waals surface area contributed by atoms with Gasteiger partial charge in [-0.15, -0.1) is 0 Å². The molecule has 2 aromatic carbocycles. The van der Waals surface area contributed by atoms with Crippen molar-refractivity contribution < 1.29 is 19.4 Å². The van der Waals surface area contributed by atoms with Crippen molar-refractivity contribution in [1.29, 1.82) is 0 Å². The lowest BCUT2D eigenvalue weighted by molar-refractivity contribution is 0.0947. The second-order valence-corrected chi connectivity index (χ2v) is 4.01. The Bertz CT molecular complexity index is 613. The first kappa shape index (κ1) is 12.9. The minimum atomic E-state index is -0.597. The van der Waals surface area contributed by atoms with Gasteiger partial charge in [-0.3, -0.25) is 4.79 Å². The Hall–Kier alpha value is -2.56. The molecule has 98 valence electrons. The molecule has 1 amide bonds. The van der Waals surface area contributed by atoms with Gasteiger partial charge in [0.2, 0.25) is 0 Å². The lowest BCUT2D eigenvalue weighted by Gasteiger charge is -2.07. The number of nitrogens with one attached hydrogen (secondary N) is 1. The molecule has 19 heavy (non-hydrogen) atoms. The molecule has 0 aromatic heterocycles. The maximum Gasteiger partial charge on any atom is 0.255 e. The highest BCUT2D eigenvalue weighted by Gasteiger charge is 2.11. The van der Waals surface area contributed by atoms with Crippen molar-refractivity contribution in [2.75, 3.05) is 0 Å². The highest BCUT2D eigenvalue weighted by Crippen LogP contribution is 2.18. The Morgan fingerprint density at radius 1 is 1.16 bits per heavy atom. The molecule has 0 unspecified atom stereocenters. The Balaban J connectivity index is 2.07. The molecule has 0 spiro atoms. The van der Waals surface area contributed by atoms with Gasteiger partial charge in [0.15, 0.2) is 0 Å². The number of carbonyl (C=O) groups is 1. The molecule has 3 N–H and O–H groups in total. The van der Waals surface area contributed by atoms with E-state index in [4.69, 9.17) is 0 Å². The number of hydrogen-bond donors (Lipinski definition) is 3. The SMILES string of the molecule is O=C(NCc1cccc(O)c1)c1cc(F)ccc1O. The van der Waals surface area contributed by atoms with Crippen LogP contribution in [-0.4, -0.2) is 16.1 Å². The third kappa shape index (κ3) is 3.22. The molecule has 0 heterocycles. The third-order valence-electron chi connectivity index (χ3n) is 2.57. The fraction of sp³-hybridized carbons (Fsp3) is 0.0714. The summed E-state index contributed by atoms with van der Waals surface area (Å²) in [4.78, 5) is 11.8. The highest BCUT2D eigenvalue weighted by atomic mass is 19.1. The maximum absolute atomic E-state index is 13.0. The average molecular weight is 261 g/mol. The van der Waals surface area contributed by atoms with Crippen LogP contribution in [0.5, 0.6) is 11.5 Å². The Morgan fingerprint density at radius 2 is 1.95 bits per heavy atom. The number of aromatic hydroxyl groups is 2. The largest absolute Gasteiger partial charge is 0.508 e. The monoisotopic (exact) mass is 261 g/mol. The van der Waals surface area contributed by atoms with E-state index in [1.807, 2.05) is 0 Å². The summed E-state index contributed by atoms with van der Waals surface area (Å²) >= 11 is 0. The van der Waals surface area contributed by atoms with Crippen molar-refractivity contribution in [2.24, 2.45) is 0 Å². The van der Waals surface area contributed by atoms with Crippen LogP contribution in [0.15, 0.2) is 42.5 Å². The first-order valence-electron chi connectivity index (χ1n) is 5.61. The Kier molecular flexibility index (Phi) is 3.66. The number of halogens is 1. The third-order valence-corrected chi connectivity index (χ3v) is 2.57. The lowest BCUT2D eigenvalue weighted by Crippen LogP contribution is -2.23. The summed E-state index contributed by atoms with van der Waals surface area (Å²) in [6, 6.07) is 9.56. The van der Waals surface area contributed by atoms with Crippen LogP contribution < -0.4 is 5.32 Å². The topological polar surface area (TPSA) is 69.6 Å². The van der Waals surface area contributed by atoms with E-state index < -0.39 is 11.7 Å². The smallest absolute Gasteiger partial charge is 0.255 e. The standard InChI is InChI=1S/C14H12FNO3/c15-10-4-5-13(18)12(7-10)14(19)16-8-9-2-1-3-11(17)6-9/h1-7,17-18H,8H2,(H,16,19). The maximum atomic E-state index is 13.0. The van der Waals surface area contributed by atoms with Gasteiger partial charge in [0.1, 0.15) is 17.3 Å². The highest BCUT2D eigenvalue weighted by molar-refractivity contribution is 5.96. The molecule has 0 radical (unpaired) electrons. The van der Waals surface area contributed by atoms with Crippen LogP contribution in [0, 0.1) is 5.82 Å². The van der Waals surface area contributed by atoms with Gasteiger partial charge in [0.05, 0.1) is 5.56 Å². The van der Waals surface area contributed by atoms with Crippen LogP contribution in [0.2, 0.25) is 0 Å². The number of phenols is 2. The summed E-state index contributed by atoms with van der Waals surface area (Å²) in [6.07, 6.45) is 0. The molecule has 0 bridgehead atoms. The first-order valence-corrected chi connectivity index (χ1v) is 5.61. The van der Waals surface area contributed by atoms with Crippen LogP contribution in [0.3, 0.4) is 0 Å². The molecule has 2 aromatic rings. The van der Waals surface area contributed by atoms with Crippen molar-refractivity contribution in [2.45, 2.75) is 6.54 Å². The summed E-state index contributed by atoms with van der Waals surface area (Å²) in [5, 5.41) is 21.3. The van der Waals surface area contributed by atoms with Crippen molar-refractivity contribution in [1.82, 2.24) is 5.32 Å². The summed E-state index contributed by atoms with van der Waals surface area (Å²) in [5.41, 5.74) is 0.574. The van der Waals surface area contributed by atoms with Crippen LogP contribution in [-0.2, 0) is 6.54 Å². The van der Waals surface area contributed by atoms with E-state index in [0.29, 0.717) is 5.56 Å². The second-order valence-electron chi connectivity index (χ2n) is 4.01. The van der Waals surface area contributed by atoms with E-state index in [0.717, 1.165) is 18.2 Å². The molecule has 0 aliphatic carbocycles. The van der Waals surface area contributed by atoms with Gasteiger partial charge in [0.25, 0.3) is 5.91 Å². The normalized spacial score (nSPS) is 10.2. The molecule has 0 aliphatic rings. The van der Waals surface area contributed by atoms with E-state index in [2.05, 4.69) is 5.32 Å². The van der Waals surface area contributed by atoms with Crippen molar-refractivity contribution in [3.63, 3.8) is 0 Å². The van der Waals surface area contributed by atoms with Gasteiger partial charge in [-0.25, -0.2) is 4.39 Å². The predicted octanol–water partition coefficient (Wildman–Crippen LogP) is 2.17. The zero-order valence-electron chi connectivity index (χ0n) is 9.93. The van der Waals surface area contributed by atoms with Crippen molar-refractivity contribution in [3.8, 4) is 11.5 Å². The van der Waals surface area contributed by atoms with Crippen LogP contribution >= 0.6 is 0 Å². The van der Waals surface area contributed by atoms with Gasteiger partial charge in [-0.05, 0) is 35.9 Å². The molecule has 5 heteroatoms. The fourth-order valence-electron chi connectivity index (χ4n) is 1.63. The van der Waals surface area contributed by atoms with Gasteiger partial charge in [-0.2, -0.15) is 0 Å². The number of rotatable bonds is 3. The van der Waals surface area contributed by atoms with E-state index in [9.17, 15) is 19.4 Å². The predicted molar refractivity (Wildman–Crippen MR) is 67.3 cm³/mol. The van der Waals surface area contributed by atoms with Crippen molar-refractivity contribution >= 4 is 5.91 Å². The zero-order chi connectivity index (χ0) is 13.8. The molecule has 0 saturated carbocycles. The van der Waals surface area contributed by atoms with E-state index in [-0.39, 0.29) is 23.6 Å². The average Bonchev–Trinajstić information content (AvgIpc) is 2.39. The summed E-state index contributed by atoms with van der Waals surface area (Å²) < 4.78 is 13.0. The van der Waals surface area contributed by atoms with Crippen LogP contribution in [0.4, 0.5) is 4.39 Å². The van der Waals surface area contributed by atoms with Gasteiger partial charge < -0.3 is 15.5 Å². The Labute approximate surface area is 109 Å². The van der Waals surface area contributed by atoms with Gasteiger partial charge >= 0.3 is 0 Å². The fourth-order valence-corrected chi connectivity index (χ4v) is 1.63. The summed E-state index contributed by atoms with van der Waals surface area (Å²) in [7, 11) is 0. The zero-order valence-corrected chi connectivity index (χ0v) is 9.93. The molecular formula is C14H12FNO3. The summed E-state index contributed by atoms with van der Waals surface area (Å²) in [5.74, 6) is -1.36. The second kappa shape index (κ2) is 5.39. The molecule has 4 nitrogen and oxygen atoms in total. The molecular weight excluding hydrogens is 249 g/mol. The van der Waals surface area contributed by atoms with Crippen LogP contribution in [0.25, 0.3) is 0 Å².